The van der Waals surface area contributed by atoms with Crippen molar-refractivity contribution in [3.63, 3.8) is 0 Å². The van der Waals surface area contributed by atoms with Gasteiger partial charge in [0, 0.05) is 29.8 Å². The van der Waals surface area contributed by atoms with E-state index in [0.717, 1.165) is 25.1 Å². The highest BCUT2D eigenvalue weighted by Crippen LogP contribution is 2.27. The number of carbonyl (C=O) groups is 2. The topological polar surface area (TPSA) is 91.2 Å². The van der Waals surface area contributed by atoms with Gasteiger partial charge in [0.05, 0.1) is 20.3 Å². The summed E-state index contributed by atoms with van der Waals surface area (Å²) in [6.07, 6.45) is 2.08. The van der Waals surface area contributed by atoms with Crippen molar-refractivity contribution in [2.75, 3.05) is 27.4 Å². The summed E-state index contributed by atoms with van der Waals surface area (Å²) in [5, 5.41) is 4.76. The van der Waals surface area contributed by atoms with Crippen LogP contribution in [-0.2, 0) is 16.1 Å². The first-order valence-corrected chi connectivity index (χ1v) is 10.2. The maximum atomic E-state index is 12.6. The number of benzene rings is 1. The SMILES string of the molecule is COc1ccc(C(=O)N=c2scc(C)n2CC(=O)NC[C@@H]2CCCO2)cc1OC. The van der Waals surface area contributed by atoms with Gasteiger partial charge >= 0.3 is 0 Å². The number of nitrogens with one attached hydrogen (secondary N) is 1. The molecule has 156 valence electrons. The van der Waals surface area contributed by atoms with Crippen LogP contribution in [0.4, 0.5) is 0 Å². The summed E-state index contributed by atoms with van der Waals surface area (Å²) in [4.78, 5) is 29.7. The standard InChI is InChI=1S/C20H25N3O5S/c1-13-12-29-20(23(13)11-18(24)21-10-15-5-4-8-28-15)22-19(25)14-6-7-16(26-2)17(9-14)27-3/h6-7,9,12,15H,4-5,8,10-11H2,1-3H3,(H,21,24)/t15-/m0/s1. The molecule has 0 spiro atoms. The van der Waals surface area contributed by atoms with Gasteiger partial charge < -0.3 is 24.1 Å². The van der Waals surface area contributed by atoms with Crippen LogP contribution in [0.15, 0.2) is 28.6 Å². The molecule has 0 unspecified atom stereocenters. The molecule has 1 aromatic heterocycles. The Kier molecular flexibility index (Phi) is 7.05. The number of aromatic nitrogens is 1. The molecule has 0 aliphatic carbocycles. The third-order valence-corrected chi connectivity index (χ3v) is 5.65. The fraction of sp³-hybridized carbons (Fsp3) is 0.450. The zero-order chi connectivity index (χ0) is 20.8. The summed E-state index contributed by atoms with van der Waals surface area (Å²) in [5.74, 6) is 0.439. The molecule has 1 aliphatic rings. The van der Waals surface area contributed by atoms with Crippen LogP contribution >= 0.6 is 11.3 Å². The van der Waals surface area contributed by atoms with Gasteiger partial charge in [0.1, 0.15) is 6.54 Å². The Morgan fingerprint density at radius 1 is 1.31 bits per heavy atom. The highest BCUT2D eigenvalue weighted by Gasteiger charge is 2.17. The van der Waals surface area contributed by atoms with Gasteiger partial charge in [-0.05, 0) is 38.0 Å². The van der Waals surface area contributed by atoms with Crippen molar-refractivity contribution in [1.82, 2.24) is 9.88 Å². The van der Waals surface area contributed by atoms with E-state index < -0.39 is 5.91 Å². The van der Waals surface area contributed by atoms with Crippen molar-refractivity contribution >= 4 is 23.2 Å². The molecule has 2 heterocycles. The number of carbonyl (C=O) groups excluding carboxylic acids is 2. The fourth-order valence-electron chi connectivity index (χ4n) is 3.05. The minimum Gasteiger partial charge on any atom is -0.493 e. The van der Waals surface area contributed by atoms with Gasteiger partial charge in [0.15, 0.2) is 16.3 Å². The van der Waals surface area contributed by atoms with Gasteiger partial charge in [-0.3, -0.25) is 9.59 Å². The lowest BCUT2D eigenvalue weighted by Gasteiger charge is -2.11. The minimum atomic E-state index is -0.415. The summed E-state index contributed by atoms with van der Waals surface area (Å²) in [5.41, 5.74) is 1.24. The summed E-state index contributed by atoms with van der Waals surface area (Å²) in [6, 6.07) is 4.88. The second-order valence-corrected chi connectivity index (χ2v) is 7.51. The molecule has 1 aliphatic heterocycles. The predicted octanol–water partition coefficient (Wildman–Crippen LogP) is 1.91. The first kappa shape index (κ1) is 21.1. The Morgan fingerprint density at radius 3 is 2.79 bits per heavy atom. The number of nitrogens with zero attached hydrogens (tertiary/aromatic N) is 2. The smallest absolute Gasteiger partial charge is 0.279 e. The van der Waals surface area contributed by atoms with E-state index in [0.29, 0.717) is 28.4 Å². The molecule has 0 saturated carbocycles. The Hall–Kier alpha value is -2.65. The molecule has 8 nitrogen and oxygen atoms in total. The number of hydrogen-bond acceptors (Lipinski definition) is 6. The minimum absolute atomic E-state index is 0.0864. The second-order valence-electron chi connectivity index (χ2n) is 6.67. The molecule has 0 radical (unpaired) electrons. The van der Waals surface area contributed by atoms with E-state index >= 15 is 0 Å². The molecule has 3 rings (SSSR count). The largest absolute Gasteiger partial charge is 0.493 e. The third kappa shape index (κ3) is 5.24. The van der Waals surface area contributed by atoms with Gasteiger partial charge in [-0.2, -0.15) is 4.99 Å². The van der Waals surface area contributed by atoms with Gasteiger partial charge in [0.2, 0.25) is 5.91 Å². The van der Waals surface area contributed by atoms with Crippen LogP contribution in [0.1, 0.15) is 28.9 Å². The molecule has 1 atom stereocenters. The van der Waals surface area contributed by atoms with Gasteiger partial charge in [-0.1, -0.05) is 0 Å². The summed E-state index contributed by atoms with van der Waals surface area (Å²) in [7, 11) is 3.04. The molecule has 29 heavy (non-hydrogen) atoms. The zero-order valence-corrected chi connectivity index (χ0v) is 17.6. The van der Waals surface area contributed by atoms with Crippen molar-refractivity contribution in [2.24, 2.45) is 4.99 Å². The van der Waals surface area contributed by atoms with Crippen LogP contribution in [0.5, 0.6) is 11.5 Å². The molecule has 0 bridgehead atoms. The van der Waals surface area contributed by atoms with Crippen LogP contribution in [-0.4, -0.2) is 49.9 Å². The number of amides is 2. The van der Waals surface area contributed by atoms with Gasteiger partial charge in [0.25, 0.3) is 5.91 Å². The van der Waals surface area contributed by atoms with Gasteiger partial charge in [-0.25, -0.2) is 0 Å². The lowest BCUT2D eigenvalue weighted by molar-refractivity contribution is -0.122. The monoisotopic (exact) mass is 419 g/mol. The number of hydrogen-bond donors (Lipinski definition) is 1. The third-order valence-electron chi connectivity index (χ3n) is 4.67. The van der Waals surface area contributed by atoms with Crippen molar-refractivity contribution < 1.29 is 23.8 Å². The molecule has 1 saturated heterocycles. The maximum Gasteiger partial charge on any atom is 0.279 e. The van der Waals surface area contributed by atoms with Gasteiger partial charge in [-0.15, -0.1) is 11.3 Å². The van der Waals surface area contributed by atoms with Crippen LogP contribution in [0.3, 0.4) is 0 Å². The number of rotatable bonds is 7. The average molecular weight is 420 g/mol. The maximum absolute atomic E-state index is 12.6. The van der Waals surface area contributed by atoms with E-state index in [9.17, 15) is 9.59 Å². The van der Waals surface area contributed by atoms with Crippen LogP contribution in [0.25, 0.3) is 0 Å². The highest BCUT2D eigenvalue weighted by atomic mass is 32.1. The number of ether oxygens (including phenoxy) is 3. The van der Waals surface area contributed by atoms with Crippen molar-refractivity contribution in [3.8, 4) is 11.5 Å². The number of aryl methyl sites for hydroxylation is 1. The Morgan fingerprint density at radius 2 is 2.10 bits per heavy atom. The fourth-order valence-corrected chi connectivity index (χ4v) is 3.92. The Bertz CT molecular complexity index is 944. The molecule has 1 N–H and O–H groups in total. The first-order valence-electron chi connectivity index (χ1n) is 9.36. The lowest BCUT2D eigenvalue weighted by atomic mass is 10.2. The summed E-state index contributed by atoms with van der Waals surface area (Å²) in [6.45, 7) is 3.23. The van der Waals surface area contributed by atoms with E-state index in [1.54, 1.807) is 22.8 Å². The van der Waals surface area contributed by atoms with E-state index in [4.69, 9.17) is 14.2 Å². The number of thiazole rings is 1. The normalized spacial score (nSPS) is 16.7. The van der Waals surface area contributed by atoms with Crippen LogP contribution in [0, 0.1) is 6.92 Å². The molecule has 1 fully saturated rings. The molecule has 9 heteroatoms. The lowest BCUT2D eigenvalue weighted by Crippen LogP contribution is -2.36. The Labute approximate surface area is 173 Å². The molecule has 2 aromatic rings. The highest BCUT2D eigenvalue weighted by molar-refractivity contribution is 7.07. The molecule has 2 amide bonds. The predicted molar refractivity (Wildman–Crippen MR) is 108 cm³/mol. The number of methoxy groups -OCH3 is 2. The summed E-state index contributed by atoms with van der Waals surface area (Å²) < 4.78 is 17.7. The molecule has 1 aromatic carbocycles. The molecular formula is C20H25N3O5S. The van der Waals surface area contributed by atoms with E-state index in [2.05, 4.69) is 10.3 Å². The second kappa shape index (κ2) is 9.71. The van der Waals surface area contributed by atoms with E-state index in [-0.39, 0.29) is 18.6 Å². The van der Waals surface area contributed by atoms with Crippen molar-refractivity contribution in [3.05, 3.63) is 39.6 Å². The average Bonchev–Trinajstić information content (AvgIpc) is 3.37. The van der Waals surface area contributed by atoms with Crippen molar-refractivity contribution in [1.29, 1.82) is 0 Å². The molecular weight excluding hydrogens is 394 g/mol. The van der Waals surface area contributed by atoms with E-state index in [1.165, 1.54) is 25.6 Å². The summed E-state index contributed by atoms with van der Waals surface area (Å²) >= 11 is 1.32. The zero-order valence-electron chi connectivity index (χ0n) is 16.8. The van der Waals surface area contributed by atoms with Crippen molar-refractivity contribution in [2.45, 2.75) is 32.4 Å². The van der Waals surface area contributed by atoms with E-state index in [1.807, 2.05) is 12.3 Å². The first-order chi connectivity index (χ1) is 14.0. The Balaban J connectivity index is 1.74. The van der Waals surface area contributed by atoms with Crippen LogP contribution < -0.4 is 19.6 Å². The quantitative estimate of drug-likeness (QED) is 0.740. The van der Waals surface area contributed by atoms with Crippen LogP contribution in [0.2, 0.25) is 0 Å².